The normalized spacial score (nSPS) is 14.5. The first-order valence-electron chi connectivity index (χ1n) is 5.53. The molecule has 0 amide bonds. The Morgan fingerprint density at radius 1 is 1.38 bits per heavy atom. The zero-order valence-corrected chi connectivity index (χ0v) is 11.0. The number of hydrogen-bond donors (Lipinski definition) is 1. The number of aliphatic hydroxyl groups is 1. The van der Waals surface area contributed by atoms with Gasteiger partial charge in [-0.25, -0.2) is 0 Å². The van der Waals surface area contributed by atoms with Gasteiger partial charge >= 0.3 is 0 Å². The molecule has 0 aliphatic carbocycles. The van der Waals surface area contributed by atoms with Gasteiger partial charge in [0.2, 0.25) is 0 Å². The van der Waals surface area contributed by atoms with E-state index < -0.39 is 0 Å². The van der Waals surface area contributed by atoms with Gasteiger partial charge in [-0.2, -0.15) is 11.8 Å². The Balaban J connectivity index is 2.54. The SMILES string of the molecule is COc1cccc(C(C)SCC(C)CO)c1. The predicted octanol–water partition coefficient (Wildman–Crippen LogP) is 3.12. The molecule has 0 saturated heterocycles. The molecule has 3 heteroatoms. The zero-order chi connectivity index (χ0) is 12.0. The van der Waals surface area contributed by atoms with Crippen LogP contribution in [0.2, 0.25) is 0 Å². The molecule has 2 nitrogen and oxygen atoms in total. The number of aliphatic hydroxyl groups excluding tert-OH is 1. The van der Waals surface area contributed by atoms with E-state index >= 15 is 0 Å². The lowest BCUT2D eigenvalue weighted by Gasteiger charge is -2.14. The van der Waals surface area contributed by atoms with Crippen LogP contribution in [0.3, 0.4) is 0 Å². The first kappa shape index (κ1) is 13.4. The fourth-order valence-corrected chi connectivity index (χ4v) is 2.41. The minimum atomic E-state index is 0.262. The Morgan fingerprint density at radius 3 is 2.75 bits per heavy atom. The molecular weight excluding hydrogens is 220 g/mol. The molecule has 0 aliphatic rings. The van der Waals surface area contributed by atoms with E-state index in [1.807, 2.05) is 23.9 Å². The van der Waals surface area contributed by atoms with Crippen molar-refractivity contribution < 1.29 is 9.84 Å². The summed E-state index contributed by atoms with van der Waals surface area (Å²) in [5.74, 6) is 2.24. The average Bonchev–Trinajstić information content (AvgIpc) is 2.35. The van der Waals surface area contributed by atoms with Gasteiger partial charge in [-0.3, -0.25) is 0 Å². The van der Waals surface area contributed by atoms with Gasteiger partial charge in [0, 0.05) is 11.9 Å². The van der Waals surface area contributed by atoms with Gasteiger partial charge in [0.1, 0.15) is 5.75 Å². The van der Waals surface area contributed by atoms with Gasteiger partial charge in [0.15, 0.2) is 0 Å². The molecule has 0 fully saturated rings. The van der Waals surface area contributed by atoms with Crippen LogP contribution in [0.15, 0.2) is 24.3 Å². The van der Waals surface area contributed by atoms with Crippen LogP contribution in [0, 0.1) is 5.92 Å². The molecule has 2 unspecified atom stereocenters. The van der Waals surface area contributed by atoms with Gasteiger partial charge in [0.25, 0.3) is 0 Å². The summed E-state index contributed by atoms with van der Waals surface area (Å²) in [5.41, 5.74) is 1.27. The third-order valence-electron chi connectivity index (χ3n) is 2.51. The van der Waals surface area contributed by atoms with E-state index in [1.165, 1.54) is 5.56 Å². The zero-order valence-electron chi connectivity index (χ0n) is 10.1. The summed E-state index contributed by atoms with van der Waals surface area (Å²) in [6, 6.07) is 8.16. The summed E-state index contributed by atoms with van der Waals surface area (Å²) in [4.78, 5) is 0. The Kier molecular flexibility index (Phi) is 5.71. The van der Waals surface area contributed by atoms with Gasteiger partial charge in [-0.05, 0) is 36.3 Å². The maximum atomic E-state index is 8.97. The minimum Gasteiger partial charge on any atom is -0.497 e. The summed E-state index contributed by atoms with van der Waals surface area (Å²) >= 11 is 1.87. The highest BCUT2D eigenvalue weighted by Crippen LogP contribution is 2.31. The topological polar surface area (TPSA) is 29.5 Å². The van der Waals surface area contributed by atoms with Crippen LogP contribution in [0.5, 0.6) is 5.75 Å². The van der Waals surface area contributed by atoms with E-state index in [4.69, 9.17) is 9.84 Å². The number of thioether (sulfide) groups is 1. The van der Waals surface area contributed by atoms with E-state index in [2.05, 4.69) is 26.0 Å². The summed E-state index contributed by atoms with van der Waals surface area (Å²) < 4.78 is 5.20. The van der Waals surface area contributed by atoms with Crippen LogP contribution < -0.4 is 4.74 Å². The summed E-state index contributed by atoms with van der Waals surface area (Å²) in [6.45, 7) is 4.51. The quantitative estimate of drug-likeness (QED) is 0.828. The second-order valence-electron chi connectivity index (χ2n) is 4.04. The second-order valence-corrected chi connectivity index (χ2v) is 5.41. The van der Waals surface area contributed by atoms with Crippen molar-refractivity contribution in [3.63, 3.8) is 0 Å². The Labute approximate surface area is 102 Å². The fraction of sp³-hybridized carbons (Fsp3) is 0.538. The largest absolute Gasteiger partial charge is 0.497 e. The van der Waals surface area contributed by atoms with Gasteiger partial charge in [-0.15, -0.1) is 0 Å². The number of methoxy groups -OCH3 is 1. The number of benzene rings is 1. The van der Waals surface area contributed by atoms with Crippen LogP contribution >= 0.6 is 11.8 Å². The van der Waals surface area contributed by atoms with Crippen molar-refractivity contribution in [3.8, 4) is 5.75 Å². The number of rotatable bonds is 6. The lowest BCUT2D eigenvalue weighted by molar-refractivity contribution is 0.250. The average molecular weight is 240 g/mol. The lowest BCUT2D eigenvalue weighted by atomic mass is 10.1. The molecular formula is C13H20O2S. The Bertz CT molecular complexity index is 315. The number of ether oxygens (including phenoxy) is 1. The minimum absolute atomic E-state index is 0.262. The molecule has 0 aromatic heterocycles. The molecule has 2 atom stereocenters. The molecule has 0 spiro atoms. The first-order chi connectivity index (χ1) is 7.67. The van der Waals surface area contributed by atoms with E-state index in [0.717, 1.165) is 11.5 Å². The van der Waals surface area contributed by atoms with Crippen molar-refractivity contribution in [2.45, 2.75) is 19.1 Å². The summed E-state index contributed by atoms with van der Waals surface area (Å²) in [6.07, 6.45) is 0. The lowest BCUT2D eigenvalue weighted by Crippen LogP contribution is -2.04. The van der Waals surface area contributed by atoms with Gasteiger partial charge in [0.05, 0.1) is 7.11 Å². The highest BCUT2D eigenvalue weighted by atomic mass is 32.2. The Morgan fingerprint density at radius 2 is 2.12 bits per heavy atom. The van der Waals surface area contributed by atoms with Crippen LogP contribution in [-0.2, 0) is 0 Å². The smallest absolute Gasteiger partial charge is 0.119 e. The predicted molar refractivity (Wildman–Crippen MR) is 70.1 cm³/mol. The molecule has 1 N–H and O–H groups in total. The third-order valence-corrected chi connectivity index (χ3v) is 4.04. The Hall–Kier alpha value is -0.670. The van der Waals surface area contributed by atoms with Crippen LogP contribution in [-0.4, -0.2) is 24.6 Å². The molecule has 1 rings (SSSR count). The van der Waals surface area contributed by atoms with Crippen LogP contribution in [0.4, 0.5) is 0 Å². The molecule has 0 bridgehead atoms. The standard InChI is InChI=1S/C13H20O2S/c1-10(8-14)9-16-11(2)12-5-4-6-13(7-12)15-3/h4-7,10-11,14H,8-9H2,1-3H3. The molecule has 90 valence electrons. The highest BCUT2D eigenvalue weighted by molar-refractivity contribution is 7.99. The molecule has 16 heavy (non-hydrogen) atoms. The van der Waals surface area contributed by atoms with Crippen molar-refractivity contribution in [2.75, 3.05) is 19.5 Å². The first-order valence-corrected chi connectivity index (χ1v) is 6.58. The van der Waals surface area contributed by atoms with E-state index in [1.54, 1.807) is 7.11 Å². The maximum absolute atomic E-state index is 8.97. The summed E-state index contributed by atoms with van der Waals surface area (Å²) in [5, 5.41) is 9.40. The molecule has 0 radical (unpaired) electrons. The molecule has 0 saturated carbocycles. The molecule has 1 aromatic carbocycles. The molecule has 0 heterocycles. The molecule has 0 aliphatic heterocycles. The van der Waals surface area contributed by atoms with Crippen molar-refractivity contribution in [2.24, 2.45) is 5.92 Å². The van der Waals surface area contributed by atoms with Crippen molar-refractivity contribution >= 4 is 11.8 Å². The second kappa shape index (κ2) is 6.81. The summed E-state index contributed by atoms with van der Waals surface area (Å²) in [7, 11) is 1.69. The monoisotopic (exact) mass is 240 g/mol. The third kappa shape index (κ3) is 4.06. The molecule has 1 aromatic rings. The van der Waals surface area contributed by atoms with Crippen molar-refractivity contribution in [1.29, 1.82) is 0 Å². The van der Waals surface area contributed by atoms with Crippen molar-refractivity contribution in [3.05, 3.63) is 29.8 Å². The van der Waals surface area contributed by atoms with E-state index in [9.17, 15) is 0 Å². The van der Waals surface area contributed by atoms with E-state index in [0.29, 0.717) is 11.2 Å². The maximum Gasteiger partial charge on any atom is 0.119 e. The van der Waals surface area contributed by atoms with E-state index in [-0.39, 0.29) is 6.61 Å². The van der Waals surface area contributed by atoms with Crippen molar-refractivity contribution in [1.82, 2.24) is 0 Å². The highest BCUT2D eigenvalue weighted by Gasteiger charge is 2.09. The van der Waals surface area contributed by atoms with Crippen LogP contribution in [0.1, 0.15) is 24.7 Å². The van der Waals surface area contributed by atoms with Gasteiger partial charge < -0.3 is 9.84 Å². The van der Waals surface area contributed by atoms with Gasteiger partial charge in [-0.1, -0.05) is 19.1 Å². The van der Waals surface area contributed by atoms with Crippen LogP contribution in [0.25, 0.3) is 0 Å². The number of hydrogen-bond acceptors (Lipinski definition) is 3. The fourth-order valence-electron chi connectivity index (χ4n) is 1.35.